The molecule has 40 heavy (non-hydrogen) atoms. The van der Waals surface area contributed by atoms with Gasteiger partial charge < -0.3 is 14.0 Å². The Bertz CT molecular complexity index is 1990. The number of hydrogen-bond acceptors (Lipinski definition) is 4. The maximum absolute atomic E-state index is 7.72. The van der Waals surface area contributed by atoms with Crippen molar-refractivity contribution in [3.63, 3.8) is 0 Å². The number of hydrogen-bond donors (Lipinski definition) is 0. The molecule has 0 radical (unpaired) electrons. The summed E-state index contributed by atoms with van der Waals surface area (Å²) in [4.78, 5) is 9.21. The molecule has 0 amide bonds. The Hall–Kier alpha value is -3.43. The predicted octanol–water partition coefficient (Wildman–Crippen LogP) is 7.61. The van der Waals surface area contributed by atoms with E-state index < -0.39 is 12.9 Å². The number of benzene rings is 3. The SMILES string of the molecule is [2H]C([2H])([2H])[C@@H]1COC(c2[c-]c(Oc3[c-]c4c(cc3C)c3cc(C)cc5c3n4-c3ncccc3C5(C)C)c(C)cc2C)=N1.[Pt+2]. The molecule has 0 N–H and O–H groups in total. The monoisotopic (exact) mass is 711 g/mol. The van der Waals surface area contributed by atoms with E-state index in [1.54, 1.807) is 0 Å². The van der Waals surface area contributed by atoms with Gasteiger partial charge in [-0.1, -0.05) is 81.1 Å². The van der Waals surface area contributed by atoms with E-state index in [9.17, 15) is 0 Å². The number of aryl methyl sites for hydroxylation is 4. The van der Waals surface area contributed by atoms with Crippen LogP contribution in [0.15, 0.2) is 47.6 Å². The normalized spacial score (nSPS) is 18.3. The zero-order chi connectivity index (χ0) is 29.7. The van der Waals surface area contributed by atoms with E-state index in [0.717, 1.165) is 38.9 Å². The molecule has 2 aliphatic heterocycles. The Kier molecular flexibility index (Phi) is 5.42. The first kappa shape index (κ1) is 23.3. The van der Waals surface area contributed by atoms with Gasteiger partial charge >= 0.3 is 21.1 Å². The van der Waals surface area contributed by atoms with Crippen LogP contribution in [0.3, 0.4) is 0 Å². The Balaban J connectivity index is 0.00000329. The molecule has 0 saturated carbocycles. The second-order valence-electron chi connectivity index (χ2n) is 11.3. The van der Waals surface area contributed by atoms with E-state index in [1.165, 1.54) is 22.1 Å². The number of fused-ring (bicyclic) bond motifs is 5. The summed E-state index contributed by atoms with van der Waals surface area (Å²) in [5.74, 6) is 2.30. The molecule has 0 aliphatic carbocycles. The number of ether oxygens (including phenoxy) is 2. The molecule has 2 aliphatic rings. The first-order valence-electron chi connectivity index (χ1n) is 14.7. The number of aromatic nitrogens is 2. The Labute approximate surface area is 253 Å². The number of nitrogens with zero attached hydrogens (tertiary/aromatic N) is 3. The molecule has 0 fully saturated rings. The van der Waals surface area contributed by atoms with Gasteiger partial charge in [-0.05, 0) is 30.8 Å². The Morgan fingerprint density at radius 2 is 1.77 bits per heavy atom. The van der Waals surface area contributed by atoms with Crippen LogP contribution in [0.5, 0.6) is 11.5 Å². The third-order valence-electron chi connectivity index (χ3n) is 8.04. The van der Waals surface area contributed by atoms with Crippen molar-refractivity contribution in [2.24, 2.45) is 4.99 Å². The smallest absolute Gasteiger partial charge is 0.518 e. The third-order valence-corrected chi connectivity index (χ3v) is 8.04. The molecule has 0 bridgehead atoms. The molecule has 6 heteroatoms. The van der Waals surface area contributed by atoms with Crippen LogP contribution in [0.25, 0.3) is 27.6 Å². The van der Waals surface area contributed by atoms with Crippen molar-refractivity contribution < 1.29 is 34.7 Å². The maximum Gasteiger partial charge on any atom is 2.00 e. The maximum atomic E-state index is 7.72. The first-order chi connectivity index (χ1) is 19.8. The third kappa shape index (κ3) is 3.85. The van der Waals surface area contributed by atoms with Gasteiger partial charge in [-0.15, -0.1) is 28.6 Å². The molecule has 4 heterocycles. The zero-order valence-corrected chi connectivity index (χ0v) is 25.6. The molecule has 5 aromatic rings. The minimum absolute atomic E-state index is 0. The van der Waals surface area contributed by atoms with Gasteiger partial charge in [0.1, 0.15) is 11.7 Å². The van der Waals surface area contributed by atoms with Crippen molar-refractivity contribution in [3.05, 3.63) is 93.7 Å². The summed E-state index contributed by atoms with van der Waals surface area (Å²) in [7, 11) is 0. The quantitative estimate of drug-likeness (QED) is 0.181. The van der Waals surface area contributed by atoms with Crippen molar-refractivity contribution in [2.45, 2.75) is 59.9 Å². The Morgan fingerprint density at radius 3 is 2.55 bits per heavy atom. The van der Waals surface area contributed by atoms with Gasteiger partial charge in [-0.2, -0.15) is 6.07 Å². The molecule has 5 nitrogen and oxygen atoms in total. The molecule has 2 aromatic heterocycles. The molecular weight excluding hydrogens is 677 g/mol. The fourth-order valence-electron chi connectivity index (χ4n) is 6.06. The van der Waals surface area contributed by atoms with Crippen molar-refractivity contribution in [1.29, 1.82) is 0 Å². The molecule has 0 saturated heterocycles. The second kappa shape index (κ2) is 9.31. The number of pyridine rings is 1. The van der Waals surface area contributed by atoms with Crippen molar-refractivity contribution in [3.8, 4) is 17.3 Å². The summed E-state index contributed by atoms with van der Waals surface area (Å²) < 4.78 is 37.6. The van der Waals surface area contributed by atoms with Crippen LogP contribution in [0, 0.1) is 39.8 Å². The average Bonchev–Trinajstić information content (AvgIpc) is 3.53. The standard InChI is InChI=1S/C34H31N3O2.Pt/c1-18-11-25-24-14-21(4)30(39-29-15-23(19(2)13-20(29)3)33-36-22(5)17-38-33)16-28(24)37-31(25)27(12-18)34(6,7)26-9-8-10-35-32(26)37;/h8-14,22H,17H2,1-7H3;/q-2;+2/t22-;/m1./s1/i5D3;. The van der Waals surface area contributed by atoms with E-state index in [0.29, 0.717) is 17.1 Å². The molecule has 204 valence electrons. The van der Waals surface area contributed by atoms with E-state index in [-0.39, 0.29) is 39.0 Å². The van der Waals surface area contributed by atoms with E-state index >= 15 is 0 Å². The summed E-state index contributed by atoms with van der Waals surface area (Å²) in [6.07, 6.45) is 1.84. The summed E-state index contributed by atoms with van der Waals surface area (Å²) in [6.45, 7) is 10.4. The zero-order valence-electron chi connectivity index (χ0n) is 26.3. The van der Waals surface area contributed by atoms with E-state index in [2.05, 4.69) is 66.7 Å². The van der Waals surface area contributed by atoms with Crippen molar-refractivity contribution in [2.75, 3.05) is 6.61 Å². The molecule has 0 unspecified atom stereocenters. The van der Waals surface area contributed by atoms with Crippen LogP contribution in [-0.4, -0.2) is 28.1 Å². The van der Waals surface area contributed by atoms with Gasteiger partial charge in [0.05, 0.1) is 12.6 Å². The average molecular weight is 712 g/mol. The Morgan fingerprint density at radius 1 is 1.00 bits per heavy atom. The van der Waals surface area contributed by atoms with Crippen LogP contribution >= 0.6 is 0 Å². The van der Waals surface area contributed by atoms with Crippen LogP contribution in [0.4, 0.5) is 0 Å². The van der Waals surface area contributed by atoms with Gasteiger partial charge in [-0.3, -0.25) is 4.99 Å². The van der Waals surface area contributed by atoms with Crippen LogP contribution in [-0.2, 0) is 31.2 Å². The molecule has 1 atom stereocenters. The fraction of sp³-hybridized carbons (Fsp3) is 0.294. The molecular formula is C34H31N3O2Pt. The van der Waals surface area contributed by atoms with Gasteiger partial charge in [0.15, 0.2) is 0 Å². The second-order valence-corrected chi connectivity index (χ2v) is 11.3. The van der Waals surface area contributed by atoms with Crippen molar-refractivity contribution >= 4 is 27.7 Å². The minimum Gasteiger partial charge on any atom is -0.518 e. The molecule has 3 aromatic carbocycles. The predicted molar refractivity (Wildman–Crippen MR) is 156 cm³/mol. The summed E-state index contributed by atoms with van der Waals surface area (Å²) >= 11 is 0. The van der Waals surface area contributed by atoms with Crippen LogP contribution in [0.1, 0.15) is 63.8 Å². The topological polar surface area (TPSA) is 48.6 Å². The van der Waals surface area contributed by atoms with Gasteiger partial charge in [0.2, 0.25) is 0 Å². The van der Waals surface area contributed by atoms with Gasteiger partial charge in [-0.25, -0.2) is 4.98 Å². The van der Waals surface area contributed by atoms with Crippen LogP contribution in [0.2, 0.25) is 0 Å². The van der Waals surface area contributed by atoms with Crippen LogP contribution < -0.4 is 4.74 Å². The van der Waals surface area contributed by atoms with E-state index in [4.69, 9.17) is 18.6 Å². The van der Waals surface area contributed by atoms with E-state index in [1.807, 2.05) is 39.1 Å². The summed E-state index contributed by atoms with van der Waals surface area (Å²) in [5.41, 5.74) is 8.81. The van der Waals surface area contributed by atoms with Gasteiger partial charge in [0, 0.05) is 38.3 Å². The molecule has 7 rings (SSSR count). The summed E-state index contributed by atoms with van der Waals surface area (Å²) in [5, 5.41) is 2.28. The van der Waals surface area contributed by atoms with Crippen molar-refractivity contribution in [1.82, 2.24) is 9.55 Å². The number of rotatable bonds is 3. The first-order valence-corrected chi connectivity index (χ1v) is 13.2. The number of aliphatic imine (C=N–C) groups is 1. The fourth-order valence-corrected chi connectivity index (χ4v) is 6.06. The summed E-state index contributed by atoms with van der Waals surface area (Å²) in [6, 6.07) is 18.9. The molecule has 0 spiro atoms. The largest absolute Gasteiger partial charge is 2.00 e. The minimum atomic E-state index is -2.22. The van der Waals surface area contributed by atoms with Gasteiger partial charge in [0.25, 0.3) is 0 Å².